The van der Waals surface area contributed by atoms with Crippen molar-refractivity contribution in [3.05, 3.63) is 54.1 Å². The average Bonchev–Trinajstić information content (AvgIpc) is 3.32. The van der Waals surface area contributed by atoms with E-state index in [9.17, 15) is 13.2 Å². The highest BCUT2D eigenvalue weighted by Gasteiger charge is 2.27. The summed E-state index contributed by atoms with van der Waals surface area (Å²) in [5, 5.41) is 2.82. The highest BCUT2D eigenvalue weighted by molar-refractivity contribution is 7.89. The van der Waals surface area contributed by atoms with E-state index >= 15 is 0 Å². The molecule has 168 valence electrons. The second kappa shape index (κ2) is 10.6. The minimum absolute atomic E-state index is 0.196. The van der Waals surface area contributed by atoms with Crippen LogP contribution >= 0.6 is 0 Å². The van der Waals surface area contributed by atoms with Crippen LogP contribution in [0.2, 0.25) is 0 Å². The van der Waals surface area contributed by atoms with Gasteiger partial charge in [-0.15, -0.1) is 0 Å². The Morgan fingerprint density at radius 3 is 2.26 bits per heavy atom. The van der Waals surface area contributed by atoms with Gasteiger partial charge in [0.25, 0.3) is 5.91 Å². The van der Waals surface area contributed by atoms with Gasteiger partial charge in [0.05, 0.1) is 11.4 Å². The van der Waals surface area contributed by atoms with Crippen molar-refractivity contribution >= 4 is 15.9 Å². The minimum atomic E-state index is -3.43. The predicted octanol–water partition coefficient (Wildman–Crippen LogP) is 3.13. The van der Waals surface area contributed by atoms with Crippen LogP contribution in [0.1, 0.15) is 31.7 Å². The van der Waals surface area contributed by atoms with Gasteiger partial charge in [-0.1, -0.05) is 24.6 Å². The van der Waals surface area contributed by atoms with Gasteiger partial charge >= 0.3 is 0 Å². The molecule has 1 amide bonds. The van der Waals surface area contributed by atoms with Crippen LogP contribution in [0.4, 0.5) is 0 Å². The summed E-state index contributed by atoms with van der Waals surface area (Å²) in [5.74, 6) is 1.02. The van der Waals surface area contributed by atoms with E-state index in [0.717, 1.165) is 18.4 Å². The van der Waals surface area contributed by atoms with Crippen molar-refractivity contribution in [2.45, 2.75) is 44.1 Å². The predicted molar refractivity (Wildman–Crippen MR) is 119 cm³/mol. The highest BCUT2D eigenvalue weighted by atomic mass is 32.2. The number of carbonyl (C=O) groups is 1. The maximum absolute atomic E-state index is 12.5. The Labute approximate surface area is 184 Å². The molecule has 3 rings (SSSR count). The number of hydrogen-bond acceptors (Lipinski definition) is 5. The smallest absolute Gasteiger partial charge is 0.261 e. The number of carbonyl (C=O) groups excluding carboxylic acids is 1. The van der Waals surface area contributed by atoms with Gasteiger partial charge in [0.15, 0.2) is 6.10 Å². The molecule has 0 aromatic heterocycles. The fourth-order valence-electron chi connectivity index (χ4n) is 3.35. The monoisotopic (exact) mass is 446 g/mol. The van der Waals surface area contributed by atoms with Crippen molar-refractivity contribution in [2.75, 3.05) is 26.2 Å². The number of aryl methyl sites for hydroxylation is 1. The summed E-state index contributed by atoms with van der Waals surface area (Å²) in [5.41, 5.74) is 1.13. The Kier molecular flexibility index (Phi) is 7.92. The first-order valence-electron chi connectivity index (χ1n) is 10.6. The molecule has 0 saturated carbocycles. The SMILES string of the molecule is CCC(Oc1ccc(C)cc1)C(=O)NCCOc1ccc(S(=O)(=O)N2CCCC2)cc1. The Hall–Kier alpha value is -2.58. The van der Waals surface area contributed by atoms with Crippen molar-refractivity contribution in [1.29, 1.82) is 0 Å². The third-order valence-corrected chi connectivity index (χ3v) is 7.07. The molecule has 8 heteroatoms. The standard InChI is InChI=1S/C23H30N2O5S/c1-3-22(30-20-8-6-18(2)7-9-20)23(26)24-14-17-29-19-10-12-21(13-11-19)31(27,28)25-15-4-5-16-25/h6-13,22H,3-5,14-17H2,1-2H3,(H,24,26). The van der Waals surface area contributed by atoms with Crippen LogP contribution in [-0.2, 0) is 14.8 Å². The Balaban J connectivity index is 1.44. The quantitative estimate of drug-likeness (QED) is 0.567. The molecule has 0 bridgehead atoms. The second-order valence-corrected chi connectivity index (χ2v) is 9.49. The summed E-state index contributed by atoms with van der Waals surface area (Å²) in [6.45, 7) is 5.63. The maximum atomic E-state index is 12.5. The molecule has 1 saturated heterocycles. The number of amides is 1. The molecule has 0 aliphatic carbocycles. The van der Waals surface area contributed by atoms with E-state index in [1.165, 1.54) is 4.31 Å². The number of rotatable bonds is 10. The zero-order chi connectivity index (χ0) is 22.3. The maximum Gasteiger partial charge on any atom is 0.261 e. The molecule has 1 N–H and O–H groups in total. The molecular formula is C23H30N2O5S. The first-order chi connectivity index (χ1) is 14.9. The summed E-state index contributed by atoms with van der Waals surface area (Å²) in [4.78, 5) is 12.6. The first kappa shape index (κ1) is 23.1. The summed E-state index contributed by atoms with van der Waals surface area (Å²) in [6.07, 6.45) is 1.79. The fourth-order valence-corrected chi connectivity index (χ4v) is 4.86. The highest BCUT2D eigenvalue weighted by Crippen LogP contribution is 2.23. The third-order valence-electron chi connectivity index (χ3n) is 5.16. The lowest BCUT2D eigenvalue weighted by Crippen LogP contribution is -2.39. The van der Waals surface area contributed by atoms with E-state index in [1.807, 2.05) is 38.1 Å². The van der Waals surface area contributed by atoms with Gasteiger partial charge in [0.1, 0.15) is 18.1 Å². The first-order valence-corrected chi connectivity index (χ1v) is 12.1. The van der Waals surface area contributed by atoms with Crippen molar-refractivity contribution in [2.24, 2.45) is 0 Å². The lowest BCUT2D eigenvalue weighted by Gasteiger charge is -2.17. The lowest BCUT2D eigenvalue weighted by atomic mass is 10.2. The number of nitrogens with zero attached hydrogens (tertiary/aromatic N) is 1. The molecular weight excluding hydrogens is 416 g/mol. The third kappa shape index (κ3) is 6.21. The number of ether oxygens (including phenoxy) is 2. The van der Waals surface area contributed by atoms with Crippen molar-refractivity contribution in [3.8, 4) is 11.5 Å². The van der Waals surface area contributed by atoms with E-state index in [-0.39, 0.29) is 17.4 Å². The van der Waals surface area contributed by atoms with Crippen molar-refractivity contribution in [3.63, 3.8) is 0 Å². The normalized spacial score (nSPS) is 15.4. The summed E-state index contributed by atoms with van der Waals surface area (Å²) in [7, 11) is -3.43. The van der Waals surface area contributed by atoms with Crippen LogP contribution in [0, 0.1) is 6.92 Å². The second-order valence-electron chi connectivity index (χ2n) is 7.55. The van der Waals surface area contributed by atoms with Gasteiger partial charge in [-0.3, -0.25) is 4.79 Å². The molecule has 2 aromatic rings. The Morgan fingerprint density at radius 2 is 1.65 bits per heavy atom. The van der Waals surface area contributed by atoms with Crippen LogP contribution in [0.15, 0.2) is 53.4 Å². The zero-order valence-electron chi connectivity index (χ0n) is 18.0. The minimum Gasteiger partial charge on any atom is -0.492 e. The fraction of sp³-hybridized carbons (Fsp3) is 0.435. The molecule has 31 heavy (non-hydrogen) atoms. The van der Waals surface area contributed by atoms with Gasteiger partial charge in [-0.25, -0.2) is 8.42 Å². The molecule has 1 aliphatic heterocycles. The van der Waals surface area contributed by atoms with Gasteiger partial charge < -0.3 is 14.8 Å². The molecule has 1 atom stereocenters. The zero-order valence-corrected chi connectivity index (χ0v) is 18.9. The molecule has 2 aromatic carbocycles. The molecule has 1 fully saturated rings. The number of hydrogen-bond donors (Lipinski definition) is 1. The van der Waals surface area contributed by atoms with Crippen LogP contribution in [0.5, 0.6) is 11.5 Å². The van der Waals surface area contributed by atoms with Crippen LogP contribution in [0.25, 0.3) is 0 Å². The van der Waals surface area contributed by atoms with Gasteiger partial charge in [0.2, 0.25) is 10.0 Å². The van der Waals surface area contributed by atoms with Crippen molar-refractivity contribution < 1.29 is 22.7 Å². The Morgan fingerprint density at radius 1 is 1.03 bits per heavy atom. The average molecular weight is 447 g/mol. The van der Waals surface area contributed by atoms with Gasteiger partial charge in [0, 0.05) is 13.1 Å². The van der Waals surface area contributed by atoms with Gasteiger partial charge in [-0.05, 0) is 62.6 Å². The van der Waals surface area contributed by atoms with E-state index in [2.05, 4.69) is 5.32 Å². The molecule has 1 unspecified atom stereocenters. The van der Waals surface area contributed by atoms with E-state index < -0.39 is 16.1 Å². The molecule has 1 heterocycles. The van der Waals surface area contributed by atoms with Crippen molar-refractivity contribution in [1.82, 2.24) is 9.62 Å². The number of nitrogens with one attached hydrogen (secondary N) is 1. The lowest BCUT2D eigenvalue weighted by molar-refractivity contribution is -0.128. The molecule has 1 aliphatic rings. The molecule has 0 spiro atoms. The Bertz CT molecular complexity index is 952. The van der Waals surface area contributed by atoms with Crippen LogP contribution in [0.3, 0.4) is 0 Å². The van der Waals surface area contributed by atoms with Gasteiger partial charge in [-0.2, -0.15) is 4.31 Å². The number of sulfonamides is 1. The van der Waals surface area contributed by atoms with E-state index in [4.69, 9.17) is 9.47 Å². The largest absolute Gasteiger partial charge is 0.492 e. The van der Waals surface area contributed by atoms with Crippen LogP contribution < -0.4 is 14.8 Å². The number of benzene rings is 2. The summed E-state index contributed by atoms with van der Waals surface area (Å²) >= 11 is 0. The van der Waals surface area contributed by atoms with E-state index in [0.29, 0.717) is 37.6 Å². The van der Waals surface area contributed by atoms with E-state index in [1.54, 1.807) is 24.3 Å². The summed E-state index contributed by atoms with van der Waals surface area (Å²) < 4.78 is 38.0. The topological polar surface area (TPSA) is 84.9 Å². The molecule has 7 nitrogen and oxygen atoms in total. The van der Waals surface area contributed by atoms with Crippen LogP contribution in [-0.4, -0.2) is 51.0 Å². The summed E-state index contributed by atoms with van der Waals surface area (Å²) in [6, 6.07) is 14.0. The molecule has 0 radical (unpaired) electrons.